The van der Waals surface area contributed by atoms with Crippen molar-refractivity contribution in [1.29, 1.82) is 0 Å². The molecule has 0 amide bonds. The second kappa shape index (κ2) is 8.09. The van der Waals surface area contributed by atoms with Crippen LogP contribution in [0.3, 0.4) is 0 Å². The quantitative estimate of drug-likeness (QED) is 0.619. The first kappa shape index (κ1) is 14.2. The van der Waals surface area contributed by atoms with Crippen LogP contribution in [0.5, 0.6) is 5.75 Å². The Balaban J connectivity index is 1.84. The molecular weight excluding hydrogens is 258 g/mol. The average molecular weight is 278 g/mol. The number of alkyl halides is 1. The molecule has 1 fully saturated rings. The molecule has 0 unspecified atom stereocenters. The van der Waals surface area contributed by atoms with E-state index >= 15 is 0 Å². The molecule has 0 spiro atoms. The van der Waals surface area contributed by atoms with Crippen molar-refractivity contribution < 1.29 is 4.74 Å². The van der Waals surface area contributed by atoms with Crippen molar-refractivity contribution in [2.24, 2.45) is 0 Å². The van der Waals surface area contributed by atoms with Gasteiger partial charge in [-0.05, 0) is 38.1 Å². The van der Waals surface area contributed by atoms with Crippen molar-refractivity contribution in [3.8, 4) is 17.6 Å². The normalized spacial score (nSPS) is 15.6. The first-order valence-electron chi connectivity index (χ1n) is 6.89. The molecule has 0 aliphatic carbocycles. The van der Waals surface area contributed by atoms with Gasteiger partial charge in [-0.2, -0.15) is 0 Å². The smallest absolute Gasteiger partial charge is 0.134 e. The summed E-state index contributed by atoms with van der Waals surface area (Å²) < 4.78 is 5.85. The summed E-state index contributed by atoms with van der Waals surface area (Å²) in [4.78, 5) is 2.47. The van der Waals surface area contributed by atoms with Gasteiger partial charge in [0, 0.05) is 6.54 Å². The van der Waals surface area contributed by atoms with Crippen LogP contribution >= 0.6 is 11.6 Å². The molecule has 1 aromatic rings. The number of hydrogen-bond donors (Lipinski definition) is 0. The summed E-state index contributed by atoms with van der Waals surface area (Å²) in [6.07, 6.45) is 4.00. The van der Waals surface area contributed by atoms with E-state index in [-0.39, 0.29) is 0 Å². The van der Waals surface area contributed by atoms with Crippen LogP contribution in [0.15, 0.2) is 24.3 Å². The second-order valence-electron chi connectivity index (χ2n) is 4.68. The number of halogens is 1. The van der Waals surface area contributed by atoms with E-state index in [4.69, 9.17) is 16.3 Å². The summed E-state index contributed by atoms with van der Waals surface area (Å²) in [5.41, 5.74) is 0.918. The Morgan fingerprint density at radius 3 is 2.74 bits per heavy atom. The Hall–Kier alpha value is -1.17. The van der Waals surface area contributed by atoms with E-state index in [9.17, 15) is 0 Å². The van der Waals surface area contributed by atoms with Crippen molar-refractivity contribution in [1.82, 2.24) is 4.90 Å². The highest BCUT2D eigenvalue weighted by atomic mass is 35.5. The maximum Gasteiger partial charge on any atom is 0.134 e. The Bertz CT molecular complexity index is 444. The minimum absolute atomic E-state index is 0.349. The highest BCUT2D eigenvalue weighted by Gasteiger charge is 2.09. The number of likely N-dealkylation sites (tertiary alicyclic amines) is 1. The van der Waals surface area contributed by atoms with Crippen LogP contribution in [-0.4, -0.2) is 37.0 Å². The van der Waals surface area contributed by atoms with Crippen LogP contribution in [-0.2, 0) is 0 Å². The minimum Gasteiger partial charge on any atom is -0.491 e. The summed E-state index contributed by atoms with van der Waals surface area (Å²) in [6, 6.07) is 7.88. The van der Waals surface area contributed by atoms with Gasteiger partial charge in [0.25, 0.3) is 0 Å². The molecule has 3 heteroatoms. The number of rotatable bonds is 4. The van der Waals surface area contributed by atoms with E-state index in [1.54, 1.807) is 0 Å². The summed E-state index contributed by atoms with van der Waals surface area (Å²) in [5.74, 6) is 7.11. The molecule has 0 N–H and O–H groups in total. The number of benzene rings is 1. The van der Waals surface area contributed by atoms with E-state index in [1.165, 1.54) is 32.4 Å². The van der Waals surface area contributed by atoms with Gasteiger partial charge in [-0.1, -0.05) is 30.4 Å². The number of nitrogens with zero attached hydrogens (tertiary/aromatic N) is 1. The second-order valence-corrected chi connectivity index (χ2v) is 4.95. The Labute approximate surface area is 120 Å². The zero-order valence-corrected chi connectivity index (χ0v) is 12.0. The number of para-hydroxylation sites is 1. The van der Waals surface area contributed by atoms with Gasteiger partial charge in [0.15, 0.2) is 0 Å². The largest absolute Gasteiger partial charge is 0.491 e. The first-order chi connectivity index (χ1) is 9.40. The lowest BCUT2D eigenvalue weighted by Gasteiger charge is -2.26. The highest BCUT2D eigenvalue weighted by molar-refractivity contribution is 6.19. The van der Waals surface area contributed by atoms with E-state index in [0.717, 1.165) is 24.5 Å². The van der Waals surface area contributed by atoms with E-state index in [1.807, 2.05) is 24.3 Å². The fourth-order valence-electron chi connectivity index (χ4n) is 2.29. The lowest BCUT2D eigenvalue weighted by atomic mass is 10.1. The van der Waals surface area contributed by atoms with E-state index < -0.39 is 0 Å². The van der Waals surface area contributed by atoms with Gasteiger partial charge in [-0.3, -0.25) is 4.90 Å². The maximum atomic E-state index is 5.85. The molecule has 102 valence electrons. The first-order valence-corrected chi connectivity index (χ1v) is 7.42. The molecule has 0 aromatic heterocycles. The van der Waals surface area contributed by atoms with Gasteiger partial charge in [0.05, 0.1) is 11.4 Å². The van der Waals surface area contributed by atoms with Gasteiger partial charge in [-0.25, -0.2) is 0 Å². The van der Waals surface area contributed by atoms with Gasteiger partial charge in [-0.15, -0.1) is 11.6 Å². The third-order valence-electron chi connectivity index (χ3n) is 3.29. The van der Waals surface area contributed by atoms with Gasteiger partial charge in [0.2, 0.25) is 0 Å². The zero-order chi connectivity index (χ0) is 13.3. The van der Waals surface area contributed by atoms with E-state index in [0.29, 0.717) is 5.88 Å². The summed E-state index contributed by atoms with van der Waals surface area (Å²) >= 11 is 5.59. The lowest BCUT2D eigenvalue weighted by Crippen LogP contribution is -2.33. The molecule has 1 aliphatic rings. The van der Waals surface area contributed by atoms with Crippen LogP contribution in [0, 0.1) is 11.8 Å². The third kappa shape index (κ3) is 4.78. The number of hydrogen-bond acceptors (Lipinski definition) is 2. The van der Waals surface area contributed by atoms with E-state index in [2.05, 4.69) is 16.7 Å². The van der Waals surface area contributed by atoms with Crippen molar-refractivity contribution in [2.45, 2.75) is 19.3 Å². The van der Waals surface area contributed by atoms with Crippen LogP contribution < -0.4 is 4.74 Å². The van der Waals surface area contributed by atoms with Crippen molar-refractivity contribution in [3.05, 3.63) is 29.8 Å². The monoisotopic (exact) mass is 277 g/mol. The van der Waals surface area contributed by atoms with Gasteiger partial charge < -0.3 is 4.74 Å². The Morgan fingerprint density at radius 1 is 1.16 bits per heavy atom. The SMILES string of the molecule is ClCC#Cc1ccccc1OCCN1CCCCC1. The zero-order valence-electron chi connectivity index (χ0n) is 11.2. The fourth-order valence-corrected chi connectivity index (χ4v) is 2.36. The molecule has 19 heavy (non-hydrogen) atoms. The molecule has 0 radical (unpaired) electrons. The van der Waals surface area contributed by atoms with Crippen LogP contribution in [0.2, 0.25) is 0 Å². The predicted molar refractivity (Wildman–Crippen MR) is 79.8 cm³/mol. The molecule has 1 aliphatic heterocycles. The number of piperidine rings is 1. The standard InChI is InChI=1S/C16H20ClNO/c17-10-6-8-15-7-2-3-9-16(15)19-14-13-18-11-4-1-5-12-18/h2-3,7,9H,1,4-5,10-14H2. The molecule has 1 saturated heterocycles. The van der Waals surface area contributed by atoms with Crippen molar-refractivity contribution in [2.75, 3.05) is 32.1 Å². The minimum atomic E-state index is 0.349. The molecular formula is C16H20ClNO. The Morgan fingerprint density at radius 2 is 1.95 bits per heavy atom. The molecule has 2 rings (SSSR count). The predicted octanol–water partition coefficient (Wildman–Crippen LogP) is 3.14. The third-order valence-corrected chi connectivity index (χ3v) is 3.42. The van der Waals surface area contributed by atoms with Crippen molar-refractivity contribution >= 4 is 11.6 Å². The molecule has 1 heterocycles. The van der Waals surface area contributed by atoms with Crippen LogP contribution in [0.4, 0.5) is 0 Å². The van der Waals surface area contributed by atoms with Crippen LogP contribution in [0.1, 0.15) is 24.8 Å². The summed E-state index contributed by atoms with van der Waals surface area (Å²) in [5, 5.41) is 0. The lowest BCUT2D eigenvalue weighted by molar-refractivity contribution is 0.183. The summed E-state index contributed by atoms with van der Waals surface area (Å²) in [7, 11) is 0. The van der Waals surface area contributed by atoms with Gasteiger partial charge >= 0.3 is 0 Å². The summed E-state index contributed by atoms with van der Waals surface area (Å²) in [6.45, 7) is 4.13. The topological polar surface area (TPSA) is 12.5 Å². The molecule has 2 nitrogen and oxygen atoms in total. The highest BCUT2D eigenvalue weighted by Crippen LogP contribution is 2.17. The van der Waals surface area contributed by atoms with Crippen molar-refractivity contribution in [3.63, 3.8) is 0 Å². The van der Waals surface area contributed by atoms with Crippen LogP contribution in [0.25, 0.3) is 0 Å². The van der Waals surface area contributed by atoms with Gasteiger partial charge in [0.1, 0.15) is 12.4 Å². The molecule has 0 atom stereocenters. The Kier molecular flexibility index (Phi) is 6.07. The average Bonchev–Trinajstić information content (AvgIpc) is 2.47. The number of ether oxygens (including phenoxy) is 1. The molecule has 0 saturated carbocycles. The molecule has 0 bridgehead atoms. The maximum absolute atomic E-state index is 5.85. The fraction of sp³-hybridized carbons (Fsp3) is 0.500. The molecule has 1 aromatic carbocycles.